The van der Waals surface area contributed by atoms with Gasteiger partial charge >= 0.3 is 0 Å². The second-order valence-electron chi connectivity index (χ2n) is 4.94. The van der Waals surface area contributed by atoms with Gasteiger partial charge in [-0.2, -0.15) is 5.10 Å². The lowest BCUT2D eigenvalue weighted by Crippen LogP contribution is -2.17. The number of rotatable bonds is 7. The molecule has 0 unspecified atom stereocenters. The highest BCUT2D eigenvalue weighted by molar-refractivity contribution is 9.10. The quantitative estimate of drug-likeness (QED) is 0.427. The first kappa shape index (κ1) is 19.3. The van der Waals surface area contributed by atoms with Crippen LogP contribution >= 0.6 is 15.9 Å². The molecular formula is C19H17BrN2O4. The molecule has 2 aromatic carbocycles. The van der Waals surface area contributed by atoms with Crippen LogP contribution in [0, 0.1) is 12.3 Å². The molecule has 0 saturated carbocycles. The molecule has 0 atom stereocenters. The van der Waals surface area contributed by atoms with Gasteiger partial charge in [0.15, 0.2) is 11.5 Å². The van der Waals surface area contributed by atoms with Gasteiger partial charge in [0.2, 0.25) is 0 Å². The number of hydrazone groups is 1. The maximum atomic E-state index is 12.2. The smallest absolute Gasteiger partial charge is 0.271 e. The summed E-state index contributed by atoms with van der Waals surface area (Å²) >= 11 is 3.38. The summed E-state index contributed by atoms with van der Waals surface area (Å²) in [6, 6.07) is 10.2. The second-order valence-corrected chi connectivity index (χ2v) is 5.86. The number of hydrogen-bond donors (Lipinski definition) is 1. The first-order valence-corrected chi connectivity index (χ1v) is 8.29. The summed E-state index contributed by atoms with van der Waals surface area (Å²) in [7, 11) is 3.03. The Morgan fingerprint density at radius 1 is 1.19 bits per heavy atom. The van der Waals surface area contributed by atoms with Crippen LogP contribution in [0.4, 0.5) is 0 Å². The summed E-state index contributed by atoms with van der Waals surface area (Å²) in [6.07, 6.45) is 6.69. The van der Waals surface area contributed by atoms with Gasteiger partial charge in [-0.3, -0.25) is 4.79 Å². The van der Waals surface area contributed by atoms with Crippen molar-refractivity contribution in [3.8, 4) is 29.6 Å². The van der Waals surface area contributed by atoms with Crippen molar-refractivity contribution in [3.63, 3.8) is 0 Å². The molecule has 0 bridgehead atoms. The molecule has 0 spiro atoms. The lowest BCUT2D eigenvalue weighted by molar-refractivity contribution is 0.0954. The number of methoxy groups -OCH3 is 2. The molecule has 0 aliphatic rings. The molecule has 1 amide bonds. The molecule has 6 nitrogen and oxygen atoms in total. The van der Waals surface area contributed by atoms with Crippen LogP contribution in [0.2, 0.25) is 0 Å². The van der Waals surface area contributed by atoms with E-state index in [9.17, 15) is 4.79 Å². The van der Waals surface area contributed by atoms with Crippen molar-refractivity contribution in [2.24, 2.45) is 5.10 Å². The molecule has 1 N–H and O–H groups in total. The van der Waals surface area contributed by atoms with Crippen molar-refractivity contribution < 1.29 is 19.0 Å². The number of benzene rings is 2. The van der Waals surface area contributed by atoms with Gasteiger partial charge in [0, 0.05) is 15.6 Å². The molecule has 0 fully saturated rings. The number of nitrogens with zero attached hydrogens (tertiary/aromatic N) is 1. The fourth-order valence-electron chi connectivity index (χ4n) is 2.07. The average molecular weight is 417 g/mol. The minimum absolute atomic E-state index is 0.139. The number of halogens is 1. The summed E-state index contributed by atoms with van der Waals surface area (Å²) < 4.78 is 16.6. The zero-order valence-corrected chi connectivity index (χ0v) is 15.9. The van der Waals surface area contributed by atoms with E-state index in [1.807, 2.05) is 6.07 Å². The predicted octanol–water partition coefficient (Wildman–Crippen LogP) is 3.24. The number of ether oxygens (including phenoxy) is 3. The largest absolute Gasteiger partial charge is 0.493 e. The normalized spacial score (nSPS) is 10.2. The number of terminal acetylenes is 1. The molecule has 0 aliphatic heterocycles. The first-order chi connectivity index (χ1) is 12.6. The molecule has 0 aliphatic carbocycles. The third-order valence-corrected chi connectivity index (χ3v) is 3.79. The van der Waals surface area contributed by atoms with Gasteiger partial charge in [-0.05, 0) is 36.4 Å². The van der Waals surface area contributed by atoms with Crippen LogP contribution in [0.25, 0.3) is 0 Å². The summed E-state index contributed by atoms with van der Waals surface area (Å²) in [5.74, 6) is 3.58. The van der Waals surface area contributed by atoms with Gasteiger partial charge < -0.3 is 14.2 Å². The van der Waals surface area contributed by atoms with Gasteiger partial charge in [0.25, 0.3) is 5.91 Å². The highest BCUT2D eigenvalue weighted by atomic mass is 79.9. The Bertz CT molecular complexity index is 859. The van der Waals surface area contributed by atoms with Crippen LogP contribution in [0.3, 0.4) is 0 Å². The van der Waals surface area contributed by atoms with Crippen LogP contribution in [0.5, 0.6) is 17.2 Å². The molecule has 0 heterocycles. The van der Waals surface area contributed by atoms with Gasteiger partial charge in [0.05, 0.1) is 20.4 Å². The summed E-state index contributed by atoms with van der Waals surface area (Å²) in [6.45, 7) is 0.139. The molecule has 7 heteroatoms. The SMILES string of the molecule is C#CCOc1ccc(Br)cc1/C=N\NC(=O)c1ccc(OC)c(OC)c1. The van der Waals surface area contributed by atoms with Crippen LogP contribution in [0.15, 0.2) is 46.0 Å². The number of carbonyl (C=O) groups excluding carboxylic acids is 1. The van der Waals surface area contributed by atoms with E-state index < -0.39 is 0 Å². The van der Waals surface area contributed by atoms with Crippen molar-refractivity contribution in [1.82, 2.24) is 5.43 Å². The standard InChI is InChI=1S/C19H17BrN2O4/c1-4-9-26-16-8-6-15(20)10-14(16)12-21-22-19(23)13-5-7-17(24-2)18(11-13)25-3/h1,5-8,10-12H,9H2,2-3H3,(H,22,23)/b21-12-. The monoisotopic (exact) mass is 416 g/mol. The van der Waals surface area contributed by atoms with E-state index in [2.05, 4.69) is 32.4 Å². The van der Waals surface area contributed by atoms with Crippen molar-refractivity contribution in [3.05, 3.63) is 52.0 Å². The number of nitrogens with one attached hydrogen (secondary N) is 1. The number of amides is 1. The number of carbonyl (C=O) groups is 1. The Hall–Kier alpha value is -2.98. The first-order valence-electron chi connectivity index (χ1n) is 7.50. The molecule has 0 radical (unpaired) electrons. The number of hydrogen-bond acceptors (Lipinski definition) is 5. The topological polar surface area (TPSA) is 69.2 Å². The van der Waals surface area contributed by atoms with Gasteiger partial charge in [-0.15, -0.1) is 6.42 Å². The average Bonchev–Trinajstić information content (AvgIpc) is 2.66. The minimum Gasteiger partial charge on any atom is -0.493 e. The maximum Gasteiger partial charge on any atom is 0.271 e. The van der Waals surface area contributed by atoms with Crippen LogP contribution < -0.4 is 19.6 Å². The summed E-state index contributed by atoms with van der Waals surface area (Å²) in [5, 5.41) is 3.98. The van der Waals surface area contributed by atoms with E-state index in [-0.39, 0.29) is 12.5 Å². The van der Waals surface area contributed by atoms with Crippen LogP contribution in [-0.4, -0.2) is 32.9 Å². The van der Waals surface area contributed by atoms with E-state index >= 15 is 0 Å². The van der Waals surface area contributed by atoms with E-state index in [4.69, 9.17) is 20.6 Å². The Morgan fingerprint density at radius 2 is 1.92 bits per heavy atom. The van der Waals surface area contributed by atoms with E-state index in [0.717, 1.165) is 4.47 Å². The zero-order valence-electron chi connectivity index (χ0n) is 14.3. The molecule has 0 saturated heterocycles. The highest BCUT2D eigenvalue weighted by Gasteiger charge is 2.10. The van der Waals surface area contributed by atoms with Crippen molar-refractivity contribution in [2.75, 3.05) is 20.8 Å². The lowest BCUT2D eigenvalue weighted by atomic mass is 10.2. The zero-order chi connectivity index (χ0) is 18.9. The third kappa shape index (κ3) is 5.01. The second kappa shape index (κ2) is 9.49. The van der Waals surface area contributed by atoms with E-state index in [1.54, 1.807) is 30.3 Å². The Morgan fingerprint density at radius 3 is 2.62 bits per heavy atom. The Balaban J connectivity index is 2.12. The molecule has 2 aromatic rings. The van der Waals surface area contributed by atoms with Gasteiger partial charge in [-0.25, -0.2) is 5.43 Å². The minimum atomic E-state index is -0.386. The van der Waals surface area contributed by atoms with E-state index in [0.29, 0.717) is 28.4 Å². The summed E-state index contributed by atoms with van der Waals surface area (Å²) in [5.41, 5.74) is 3.52. The Labute approximate surface area is 160 Å². The summed E-state index contributed by atoms with van der Waals surface area (Å²) in [4.78, 5) is 12.2. The van der Waals surface area contributed by atoms with Gasteiger partial charge in [0.1, 0.15) is 12.4 Å². The van der Waals surface area contributed by atoms with Crippen molar-refractivity contribution >= 4 is 28.1 Å². The highest BCUT2D eigenvalue weighted by Crippen LogP contribution is 2.27. The Kier molecular flexibility index (Phi) is 7.06. The predicted molar refractivity (Wildman–Crippen MR) is 103 cm³/mol. The van der Waals surface area contributed by atoms with E-state index in [1.165, 1.54) is 20.4 Å². The fraction of sp³-hybridized carbons (Fsp3) is 0.158. The molecule has 0 aromatic heterocycles. The molecule has 26 heavy (non-hydrogen) atoms. The fourth-order valence-corrected chi connectivity index (χ4v) is 2.45. The van der Waals surface area contributed by atoms with Crippen LogP contribution in [0.1, 0.15) is 15.9 Å². The molecule has 2 rings (SSSR count). The molecule has 134 valence electrons. The van der Waals surface area contributed by atoms with Crippen LogP contribution in [-0.2, 0) is 0 Å². The lowest BCUT2D eigenvalue weighted by Gasteiger charge is -2.09. The van der Waals surface area contributed by atoms with Crippen molar-refractivity contribution in [2.45, 2.75) is 0 Å². The molecular weight excluding hydrogens is 400 g/mol. The van der Waals surface area contributed by atoms with Gasteiger partial charge in [-0.1, -0.05) is 21.9 Å². The third-order valence-electron chi connectivity index (χ3n) is 3.30. The maximum absolute atomic E-state index is 12.2. The van der Waals surface area contributed by atoms with Crippen molar-refractivity contribution in [1.29, 1.82) is 0 Å².